The van der Waals surface area contributed by atoms with E-state index in [1.807, 2.05) is 0 Å². The molecule has 1 aromatic heterocycles. The van der Waals surface area contributed by atoms with Crippen LogP contribution in [-0.2, 0) is 11.3 Å². The zero-order chi connectivity index (χ0) is 15.0. The molecule has 1 aliphatic carbocycles. The Morgan fingerprint density at radius 3 is 2.81 bits per heavy atom. The number of imidazole rings is 1. The van der Waals surface area contributed by atoms with E-state index in [4.69, 9.17) is 5.11 Å². The van der Waals surface area contributed by atoms with Gasteiger partial charge in [-0.3, -0.25) is 4.79 Å². The number of fused-ring (bicyclic) bond motifs is 1. The van der Waals surface area contributed by atoms with E-state index in [1.165, 1.54) is 6.07 Å². The largest absolute Gasteiger partial charge is 0.481 e. The van der Waals surface area contributed by atoms with Crippen LogP contribution in [0.3, 0.4) is 0 Å². The third-order valence-corrected chi connectivity index (χ3v) is 4.72. The van der Waals surface area contributed by atoms with Crippen molar-refractivity contribution in [3.63, 3.8) is 0 Å². The summed E-state index contributed by atoms with van der Waals surface area (Å²) in [4.78, 5) is 15.0. The second kappa shape index (κ2) is 5.63. The summed E-state index contributed by atoms with van der Waals surface area (Å²) in [5.41, 5.74) is 0.496. The molecular weight excluding hydrogens is 298 g/mol. The standard InChI is InChI=1S/C14H14F2N2O2S/c15-9-4-5-10-13(12(9)16)18(6-8-2-1-3-8)14(17-10)21-7-11(19)20/h4-5,8H,1-3,6-7H2,(H,19,20). The molecule has 1 saturated carbocycles. The maximum atomic E-state index is 14.1. The highest BCUT2D eigenvalue weighted by molar-refractivity contribution is 7.99. The third-order valence-electron chi connectivity index (χ3n) is 3.75. The Balaban J connectivity index is 2.04. The number of carboxylic acid groups (broad SMARTS) is 1. The molecule has 1 aliphatic rings. The van der Waals surface area contributed by atoms with Gasteiger partial charge in [-0.25, -0.2) is 13.8 Å². The molecule has 4 nitrogen and oxygen atoms in total. The van der Waals surface area contributed by atoms with Crippen molar-refractivity contribution in [1.29, 1.82) is 0 Å². The molecule has 21 heavy (non-hydrogen) atoms. The Morgan fingerprint density at radius 2 is 2.19 bits per heavy atom. The molecule has 7 heteroatoms. The van der Waals surface area contributed by atoms with Crippen LogP contribution in [0.2, 0.25) is 0 Å². The summed E-state index contributed by atoms with van der Waals surface area (Å²) in [6, 6.07) is 2.47. The number of carboxylic acids is 1. The van der Waals surface area contributed by atoms with Crippen LogP contribution >= 0.6 is 11.8 Å². The lowest BCUT2D eigenvalue weighted by atomic mass is 9.85. The van der Waals surface area contributed by atoms with Crippen molar-refractivity contribution in [1.82, 2.24) is 9.55 Å². The molecule has 3 rings (SSSR count). The van der Waals surface area contributed by atoms with Crippen LogP contribution in [-0.4, -0.2) is 26.4 Å². The van der Waals surface area contributed by atoms with Crippen molar-refractivity contribution in [2.75, 3.05) is 5.75 Å². The van der Waals surface area contributed by atoms with Crippen molar-refractivity contribution in [2.24, 2.45) is 5.92 Å². The number of benzene rings is 1. The van der Waals surface area contributed by atoms with Crippen LogP contribution in [0.15, 0.2) is 17.3 Å². The Hall–Kier alpha value is -1.63. The molecule has 1 fully saturated rings. The zero-order valence-corrected chi connectivity index (χ0v) is 12.0. The normalized spacial score (nSPS) is 15.3. The third kappa shape index (κ3) is 2.74. The Morgan fingerprint density at radius 1 is 1.43 bits per heavy atom. The van der Waals surface area contributed by atoms with Crippen molar-refractivity contribution in [3.8, 4) is 0 Å². The summed E-state index contributed by atoms with van der Waals surface area (Å²) in [5, 5.41) is 9.22. The lowest BCUT2D eigenvalue weighted by molar-refractivity contribution is -0.133. The van der Waals surface area contributed by atoms with Crippen LogP contribution in [0.25, 0.3) is 11.0 Å². The predicted molar refractivity (Wildman–Crippen MR) is 75.3 cm³/mol. The average molecular weight is 312 g/mol. The fraction of sp³-hybridized carbons (Fsp3) is 0.429. The van der Waals surface area contributed by atoms with E-state index in [2.05, 4.69) is 4.98 Å². The molecular formula is C14H14F2N2O2S. The topological polar surface area (TPSA) is 55.1 Å². The first-order valence-electron chi connectivity index (χ1n) is 6.75. The molecule has 0 saturated heterocycles. The van der Waals surface area contributed by atoms with E-state index in [0.29, 0.717) is 23.1 Å². The van der Waals surface area contributed by atoms with Crippen LogP contribution in [0, 0.1) is 17.6 Å². The molecule has 0 amide bonds. The molecule has 0 unspecified atom stereocenters. The van der Waals surface area contributed by atoms with Gasteiger partial charge in [-0.15, -0.1) is 0 Å². The lowest BCUT2D eigenvalue weighted by Crippen LogP contribution is -2.19. The first-order valence-corrected chi connectivity index (χ1v) is 7.73. The first kappa shape index (κ1) is 14.3. The van der Waals surface area contributed by atoms with Gasteiger partial charge in [0.25, 0.3) is 0 Å². The Kier molecular flexibility index (Phi) is 3.84. The molecule has 112 valence electrons. The minimum absolute atomic E-state index is 0.134. The minimum Gasteiger partial charge on any atom is -0.481 e. The van der Waals surface area contributed by atoms with Gasteiger partial charge < -0.3 is 9.67 Å². The van der Waals surface area contributed by atoms with E-state index in [1.54, 1.807) is 4.57 Å². The number of hydrogen-bond donors (Lipinski definition) is 1. The molecule has 2 aromatic rings. The van der Waals surface area contributed by atoms with Crippen molar-refractivity contribution in [3.05, 3.63) is 23.8 Å². The van der Waals surface area contributed by atoms with E-state index >= 15 is 0 Å². The molecule has 1 N–H and O–H groups in total. The van der Waals surface area contributed by atoms with Gasteiger partial charge in [0, 0.05) is 6.54 Å². The second-order valence-electron chi connectivity index (χ2n) is 5.21. The maximum absolute atomic E-state index is 14.1. The number of hydrogen-bond acceptors (Lipinski definition) is 3. The highest BCUT2D eigenvalue weighted by Gasteiger charge is 2.24. The summed E-state index contributed by atoms with van der Waals surface area (Å²) in [5.74, 6) is -2.52. The summed E-state index contributed by atoms with van der Waals surface area (Å²) in [6.45, 7) is 0.554. The highest BCUT2D eigenvalue weighted by Crippen LogP contribution is 2.33. The van der Waals surface area contributed by atoms with Crippen LogP contribution in [0.1, 0.15) is 19.3 Å². The second-order valence-corrected chi connectivity index (χ2v) is 6.16. The van der Waals surface area contributed by atoms with E-state index in [9.17, 15) is 13.6 Å². The summed E-state index contributed by atoms with van der Waals surface area (Å²) in [7, 11) is 0. The summed E-state index contributed by atoms with van der Waals surface area (Å²) in [6.07, 6.45) is 3.25. The lowest BCUT2D eigenvalue weighted by Gasteiger charge is -2.26. The quantitative estimate of drug-likeness (QED) is 0.861. The molecule has 0 bridgehead atoms. The number of rotatable bonds is 5. The van der Waals surface area contributed by atoms with Gasteiger partial charge in [-0.1, -0.05) is 18.2 Å². The Labute approximate surface area is 124 Å². The van der Waals surface area contributed by atoms with Gasteiger partial charge in [0.1, 0.15) is 5.52 Å². The van der Waals surface area contributed by atoms with Crippen LogP contribution in [0.4, 0.5) is 8.78 Å². The number of halogens is 2. The first-order chi connectivity index (χ1) is 10.1. The van der Waals surface area contributed by atoms with Gasteiger partial charge in [-0.2, -0.15) is 0 Å². The van der Waals surface area contributed by atoms with Crippen LogP contribution in [0.5, 0.6) is 0 Å². The van der Waals surface area contributed by atoms with Crippen LogP contribution < -0.4 is 0 Å². The molecule has 0 atom stereocenters. The number of nitrogens with zero attached hydrogens (tertiary/aromatic N) is 2. The zero-order valence-electron chi connectivity index (χ0n) is 11.2. The van der Waals surface area contributed by atoms with E-state index in [-0.39, 0.29) is 11.3 Å². The summed E-state index contributed by atoms with van der Waals surface area (Å²) < 4.78 is 29.2. The monoisotopic (exact) mass is 312 g/mol. The predicted octanol–water partition coefficient (Wildman–Crippen LogP) is 3.29. The van der Waals surface area contributed by atoms with Gasteiger partial charge >= 0.3 is 5.97 Å². The molecule has 0 aliphatic heterocycles. The maximum Gasteiger partial charge on any atom is 0.313 e. The van der Waals surface area contributed by atoms with Crippen molar-refractivity contribution < 1.29 is 18.7 Å². The van der Waals surface area contributed by atoms with Crippen molar-refractivity contribution >= 4 is 28.8 Å². The van der Waals surface area contributed by atoms with Gasteiger partial charge in [-0.05, 0) is 30.9 Å². The smallest absolute Gasteiger partial charge is 0.313 e. The minimum atomic E-state index is -0.964. The fourth-order valence-corrected chi connectivity index (χ4v) is 3.21. The molecule has 0 radical (unpaired) electrons. The fourth-order valence-electron chi connectivity index (χ4n) is 2.48. The number of aromatic nitrogens is 2. The average Bonchev–Trinajstić information content (AvgIpc) is 2.74. The van der Waals surface area contributed by atoms with Gasteiger partial charge in [0.2, 0.25) is 0 Å². The molecule has 1 aromatic carbocycles. The molecule has 1 heterocycles. The number of carbonyl (C=O) groups is 1. The SMILES string of the molecule is O=C(O)CSc1nc2ccc(F)c(F)c2n1CC1CCC1. The van der Waals surface area contributed by atoms with E-state index in [0.717, 1.165) is 37.1 Å². The highest BCUT2D eigenvalue weighted by atomic mass is 32.2. The van der Waals surface area contributed by atoms with Gasteiger partial charge in [0.05, 0.1) is 11.3 Å². The number of aliphatic carboxylic acids is 1. The van der Waals surface area contributed by atoms with E-state index < -0.39 is 17.6 Å². The Bertz CT molecular complexity index is 698. The molecule has 0 spiro atoms. The van der Waals surface area contributed by atoms with Crippen molar-refractivity contribution in [2.45, 2.75) is 31.0 Å². The summed E-state index contributed by atoms with van der Waals surface area (Å²) >= 11 is 1.04. The van der Waals surface area contributed by atoms with Gasteiger partial charge in [0.15, 0.2) is 16.8 Å². The number of thioether (sulfide) groups is 1.